The lowest BCUT2D eigenvalue weighted by atomic mass is 10.1. The third kappa shape index (κ3) is 3.44. The number of ether oxygens (including phenoxy) is 2. The van der Waals surface area contributed by atoms with Gasteiger partial charge in [0.05, 0.1) is 19.4 Å². The van der Waals surface area contributed by atoms with Crippen LogP contribution in [-0.2, 0) is 11.2 Å². The maximum atomic E-state index is 12.0. The van der Waals surface area contributed by atoms with Gasteiger partial charge in [-0.05, 0) is 30.7 Å². The fourth-order valence-electron chi connectivity index (χ4n) is 1.94. The zero-order valence-corrected chi connectivity index (χ0v) is 13.5. The average molecular weight is 309 g/mol. The number of aromatic nitrogens is 1. The Kier molecular flexibility index (Phi) is 5.01. The lowest BCUT2D eigenvalue weighted by Crippen LogP contribution is -2.08. The highest BCUT2D eigenvalue weighted by molar-refractivity contribution is 7.13. The molecule has 2 aromatic rings. The summed E-state index contributed by atoms with van der Waals surface area (Å²) in [5, 5.41) is 1.89. The lowest BCUT2D eigenvalue weighted by molar-refractivity contribution is 0.0489. The number of nitrogens with zero attached hydrogens (tertiary/aromatic N) is 1. The van der Waals surface area contributed by atoms with Gasteiger partial charge in [-0.2, -0.15) is 0 Å². The standard InChI is InChI=1S/C15H19NO4S/c1-5-19-15(17)12-10(8-9(2)3)16-14(20-12)13-11(18-4)6-7-21-13/h6-7,9H,5,8H2,1-4H3. The molecule has 0 aliphatic rings. The molecule has 0 fully saturated rings. The van der Waals surface area contributed by atoms with Crippen molar-refractivity contribution < 1.29 is 18.7 Å². The van der Waals surface area contributed by atoms with Gasteiger partial charge in [0, 0.05) is 0 Å². The number of carbonyl (C=O) groups excluding carboxylic acids is 1. The predicted octanol–water partition coefficient (Wildman–Crippen LogP) is 3.79. The number of oxazole rings is 1. The van der Waals surface area contributed by atoms with Crippen molar-refractivity contribution in [3.63, 3.8) is 0 Å². The van der Waals surface area contributed by atoms with Crippen LogP contribution in [0.25, 0.3) is 10.8 Å². The molecule has 0 amide bonds. The van der Waals surface area contributed by atoms with Gasteiger partial charge < -0.3 is 13.9 Å². The fourth-order valence-corrected chi connectivity index (χ4v) is 2.73. The smallest absolute Gasteiger partial charge is 0.376 e. The largest absolute Gasteiger partial charge is 0.495 e. The molecule has 0 saturated carbocycles. The average Bonchev–Trinajstić information content (AvgIpc) is 3.03. The van der Waals surface area contributed by atoms with Gasteiger partial charge >= 0.3 is 5.97 Å². The number of hydrogen-bond donors (Lipinski definition) is 0. The Bertz CT molecular complexity index is 615. The molecule has 0 bridgehead atoms. The second-order valence-electron chi connectivity index (χ2n) is 4.93. The first-order valence-corrected chi connectivity index (χ1v) is 7.73. The van der Waals surface area contributed by atoms with E-state index in [4.69, 9.17) is 13.9 Å². The minimum Gasteiger partial charge on any atom is -0.495 e. The third-order valence-corrected chi connectivity index (χ3v) is 3.69. The molecule has 114 valence electrons. The van der Waals surface area contributed by atoms with Gasteiger partial charge in [-0.3, -0.25) is 0 Å². The van der Waals surface area contributed by atoms with E-state index in [2.05, 4.69) is 18.8 Å². The molecule has 0 N–H and O–H groups in total. The summed E-state index contributed by atoms with van der Waals surface area (Å²) in [6.07, 6.45) is 0.658. The van der Waals surface area contributed by atoms with Crippen molar-refractivity contribution >= 4 is 17.3 Å². The molecule has 0 atom stereocenters. The van der Waals surface area contributed by atoms with Crippen LogP contribution in [0.4, 0.5) is 0 Å². The summed E-state index contributed by atoms with van der Waals surface area (Å²) >= 11 is 1.46. The maximum Gasteiger partial charge on any atom is 0.376 e. The normalized spacial score (nSPS) is 10.9. The topological polar surface area (TPSA) is 61.6 Å². The quantitative estimate of drug-likeness (QED) is 0.760. The lowest BCUT2D eigenvalue weighted by Gasteiger charge is -2.02. The summed E-state index contributed by atoms with van der Waals surface area (Å²) in [4.78, 5) is 17.2. The van der Waals surface area contributed by atoms with E-state index in [0.717, 1.165) is 4.88 Å². The van der Waals surface area contributed by atoms with Gasteiger partial charge in [0.2, 0.25) is 11.7 Å². The minimum absolute atomic E-state index is 0.191. The van der Waals surface area contributed by atoms with Crippen LogP contribution >= 0.6 is 11.3 Å². The van der Waals surface area contributed by atoms with Crippen LogP contribution in [0.5, 0.6) is 5.75 Å². The minimum atomic E-state index is -0.470. The molecule has 0 aliphatic carbocycles. The van der Waals surface area contributed by atoms with Crippen LogP contribution in [-0.4, -0.2) is 24.7 Å². The molecule has 0 unspecified atom stereocenters. The number of methoxy groups -OCH3 is 1. The van der Waals surface area contributed by atoms with Gasteiger partial charge in [0.15, 0.2) is 0 Å². The Morgan fingerprint density at radius 2 is 2.24 bits per heavy atom. The Morgan fingerprint density at radius 1 is 1.48 bits per heavy atom. The summed E-state index contributed by atoms with van der Waals surface area (Å²) in [6.45, 7) is 6.20. The molecule has 2 heterocycles. The van der Waals surface area contributed by atoms with Crippen LogP contribution < -0.4 is 4.74 Å². The summed E-state index contributed by atoms with van der Waals surface area (Å²) in [5.41, 5.74) is 0.633. The highest BCUT2D eigenvalue weighted by Gasteiger charge is 2.24. The van der Waals surface area contributed by atoms with E-state index in [9.17, 15) is 4.79 Å². The second-order valence-corrected chi connectivity index (χ2v) is 5.85. The van der Waals surface area contributed by atoms with E-state index in [1.807, 2.05) is 11.4 Å². The van der Waals surface area contributed by atoms with Crippen LogP contribution in [0.3, 0.4) is 0 Å². The first kappa shape index (κ1) is 15.6. The Morgan fingerprint density at radius 3 is 2.86 bits per heavy atom. The Balaban J connectivity index is 2.42. The van der Waals surface area contributed by atoms with Gasteiger partial charge in [0.25, 0.3) is 0 Å². The summed E-state index contributed by atoms with van der Waals surface area (Å²) in [5.74, 6) is 1.17. The summed E-state index contributed by atoms with van der Waals surface area (Å²) < 4.78 is 16.0. The molecule has 0 aliphatic heterocycles. The zero-order valence-electron chi connectivity index (χ0n) is 12.6. The van der Waals surface area contributed by atoms with E-state index in [1.165, 1.54) is 11.3 Å². The fraction of sp³-hybridized carbons (Fsp3) is 0.467. The van der Waals surface area contributed by atoms with Crippen molar-refractivity contribution in [2.45, 2.75) is 27.2 Å². The summed E-state index contributed by atoms with van der Waals surface area (Å²) in [6, 6.07) is 1.84. The molecular weight excluding hydrogens is 290 g/mol. The van der Waals surface area contributed by atoms with Crippen molar-refractivity contribution in [2.75, 3.05) is 13.7 Å². The van der Waals surface area contributed by atoms with Crippen molar-refractivity contribution in [2.24, 2.45) is 5.92 Å². The van der Waals surface area contributed by atoms with Crippen LogP contribution in [0.15, 0.2) is 15.9 Å². The molecule has 0 spiro atoms. The molecule has 0 saturated heterocycles. The molecule has 6 heteroatoms. The first-order chi connectivity index (χ1) is 10.1. The first-order valence-electron chi connectivity index (χ1n) is 6.85. The van der Waals surface area contributed by atoms with Crippen molar-refractivity contribution in [3.05, 3.63) is 22.9 Å². The number of carbonyl (C=O) groups is 1. The molecule has 2 aromatic heterocycles. The predicted molar refractivity (Wildman–Crippen MR) is 80.9 cm³/mol. The molecule has 0 radical (unpaired) electrons. The molecule has 5 nitrogen and oxygen atoms in total. The molecule has 0 aromatic carbocycles. The van der Waals surface area contributed by atoms with E-state index in [-0.39, 0.29) is 5.76 Å². The number of rotatable bonds is 6. The van der Waals surface area contributed by atoms with E-state index in [0.29, 0.717) is 36.3 Å². The number of thiophene rings is 1. The number of hydrogen-bond acceptors (Lipinski definition) is 6. The highest BCUT2D eigenvalue weighted by Crippen LogP contribution is 2.36. The van der Waals surface area contributed by atoms with Gasteiger partial charge in [-0.15, -0.1) is 11.3 Å². The number of esters is 1. The van der Waals surface area contributed by atoms with E-state index >= 15 is 0 Å². The van der Waals surface area contributed by atoms with Crippen LogP contribution in [0, 0.1) is 5.92 Å². The summed E-state index contributed by atoms with van der Waals surface area (Å²) in [7, 11) is 1.59. The molecule has 2 rings (SSSR count). The Labute approximate surface area is 127 Å². The van der Waals surface area contributed by atoms with Gasteiger partial charge in [-0.1, -0.05) is 13.8 Å². The van der Waals surface area contributed by atoms with Crippen LogP contribution in [0.1, 0.15) is 37.0 Å². The zero-order chi connectivity index (χ0) is 15.4. The third-order valence-electron chi connectivity index (χ3n) is 2.80. The molecule has 21 heavy (non-hydrogen) atoms. The van der Waals surface area contributed by atoms with Crippen LogP contribution in [0.2, 0.25) is 0 Å². The maximum absolute atomic E-state index is 12.0. The van der Waals surface area contributed by atoms with Crippen molar-refractivity contribution in [1.29, 1.82) is 0 Å². The second kappa shape index (κ2) is 6.76. The monoisotopic (exact) mass is 309 g/mol. The van der Waals surface area contributed by atoms with Gasteiger partial charge in [0.1, 0.15) is 10.6 Å². The SMILES string of the molecule is CCOC(=O)c1oc(-c2sccc2OC)nc1CC(C)C. The van der Waals surface area contributed by atoms with Crippen molar-refractivity contribution in [3.8, 4) is 16.5 Å². The van der Waals surface area contributed by atoms with Crippen molar-refractivity contribution in [1.82, 2.24) is 4.98 Å². The highest BCUT2D eigenvalue weighted by atomic mass is 32.1. The Hall–Kier alpha value is -1.82. The molecular formula is C15H19NO4S. The van der Waals surface area contributed by atoms with Gasteiger partial charge in [-0.25, -0.2) is 9.78 Å². The van der Waals surface area contributed by atoms with E-state index < -0.39 is 5.97 Å². The van der Waals surface area contributed by atoms with E-state index in [1.54, 1.807) is 14.0 Å².